The maximum absolute atomic E-state index is 9.14. The van der Waals surface area contributed by atoms with Crippen molar-refractivity contribution in [2.45, 2.75) is 12.8 Å². The summed E-state index contributed by atoms with van der Waals surface area (Å²) in [6.07, 6.45) is 1.73. The van der Waals surface area contributed by atoms with Gasteiger partial charge >= 0.3 is 0 Å². The van der Waals surface area contributed by atoms with Gasteiger partial charge in [-0.3, -0.25) is 4.99 Å². The molecule has 0 spiro atoms. The van der Waals surface area contributed by atoms with Crippen LogP contribution in [0.4, 0.5) is 0 Å². The van der Waals surface area contributed by atoms with E-state index in [1.165, 1.54) is 16.2 Å². The first-order valence-electron chi connectivity index (χ1n) is 6.52. The van der Waals surface area contributed by atoms with Gasteiger partial charge in [0.05, 0.1) is 32.4 Å². The first-order valence-corrected chi connectivity index (χ1v) is 7.40. The standard InChI is InChI=1S/C13H18N4OS/c1-11-10-19-13(16-11)12(8-14)9-15-2-3-17-4-6-18-7-5-17/h9-10,12H,2-7H2,1H3/p+1/t12-/m0/s1. The van der Waals surface area contributed by atoms with Crippen molar-refractivity contribution >= 4 is 17.6 Å². The molecule has 1 aliphatic rings. The van der Waals surface area contributed by atoms with Crippen molar-refractivity contribution in [1.82, 2.24) is 4.98 Å². The molecule has 1 aliphatic heterocycles. The van der Waals surface area contributed by atoms with Gasteiger partial charge < -0.3 is 9.64 Å². The van der Waals surface area contributed by atoms with Crippen molar-refractivity contribution < 1.29 is 9.64 Å². The second-order valence-corrected chi connectivity index (χ2v) is 5.49. The lowest BCUT2D eigenvalue weighted by molar-refractivity contribution is -0.906. The van der Waals surface area contributed by atoms with Gasteiger partial charge in [-0.15, -0.1) is 11.3 Å². The van der Waals surface area contributed by atoms with E-state index in [0.717, 1.165) is 50.1 Å². The van der Waals surface area contributed by atoms with Gasteiger partial charge in [0.1, 0.15) is 24.0 Å². The number of nitriles is 1. The van der Waals surface area contributed by atoms with Crippen molar-refractivity contribution in [3.63, 3.8) is 0 Å². The lowest BCUT2D eigenvalue weighted by atomic mass is 10.2. The number of quaternary nitrogens is 1. The molecule has 6 heteroatoms. The van der Waals surface area contributed by atoms with Crippen LogP contribution in [0.3, 0.4) is 0 Å². The number of morpholine rings is 1. The van der Waals surface area contributed by atoms with E-state index in [1.54, 1.807) is 6.21 Å². The molecule has 19 heavy (non-hydrogen) atoms. The van der Waals surface area contributed by atoms with Crippen molar-refractivity contribution in [1.29, 1.82) is 5.26 Å². The van der Waals surface area contributed by atoms with Crippen LogP contribution in [0, 0.1) is 18.3 Å². The summed E-state index contributed by atoms with van der Waals surface area (Å²) in [6.45, 7) is 7.52. The third-order valence-electron chi connectivity index (χ3n) is 3.09. The highest BCUT2D eigenvalue weighted by atomic mass is 32.1. The number of hydrogen-bond acceptors (Lipinski definition) is 5. The molecule has 102 valence electrons. The fraction of sp³-hybridized carbons (Fsp3) is 0.615. The summed E-state index contributed by atoms with van der Waals surface area (Å²) in [5.74, 6) is -0.307. The summed E-state index contributed by atoms with van der Waals surface area (Å²) < 4.78 is 5.31. The predicted octanol–water partition coefficient (Wildman–Crippen LogP) is 0.0446. The first-order chi connectivity index (χ1) is 9.29. The predicted molar refractivity (Wildman–Crippen MR) is 74.9 cm³/mol. The van der Waals surface area contributed by atoms with Crippen LogP contribution in [-0.2, 0) is 4.74 Å². The molecule has 0 radical (unpaired) electrons. The Morgan fingerprint density at radius 3 is 3.05 bits per heavy atom. The number of aliphatic imine (C=N–C) groups is 1. The molecule has 0 amide bonds. The molecular formula is C13H19N4OS+. The highest BCUT2D eigenvalue weighted by Crippen LogP contribution is 2.17. The number of aryl methyl sites for hydroxylation is 1. The summed E-state index contributed by atoms with van der Waals surface area (Å²) in [6, 6.07) is 2.24. The second-order valence-electron chi connectivity index (χ2n) is 4.60. The largest absolute Gasteiger partial charge is 0.370 e. The van der Waals surface area contributed by atoms with Crippen LogP contribution >= 0.6 is 11.3 Å². The molecule has 1 N–H and O–H groups in total. The fourth-order valence-corrected chi connectivity index (χ4v) is 2.78. The van der Waals surface area contributed by atoms with Crippen molar-refractivity contribution in [2.24, 2.45) is 4.99 Å². The van der Waals surface area contributed by atoms with Gasteiger partial charge in [0.2, 0.25) is 0 Å². The zero-order chi connectivity index (χ0) is 13.5. The maximum Gasteiger partial charge on any atom is 0.133 e. The molecule has 1 atom stereocenters. The highest BCUT2D eigenvalue weighted by molar-refractivity contribution is 7.09. The molecule has 0 aromatic carbocycles. The van der Waals surface area contributed by atoms with Crippen LogP contribution in [0.5, 0.6) is 0 Å². The smallest absolute Gasteiger partial charge is 0.133 e. The van der Waals surface area contributed by atoms with E-state index in [2.05, 4.69) is 16.0 Å². The number of thiazole rings is 1. The number of rotatable bonds is 5. The van der Waals surface area contributed by atoms with E-state index in [0.29, 0.717) is 0 Å². The van der Waals surface area contributed by atoms with Crippen LogP contribution in [0.25, 0.3) is 0 Å². The lowest BCUT2D eigenvalue weighted by Crippen LogP contribution is -3.14. The number of nitrogens with one attached hydrogen (secondary N) is 1. The van der Waals surface area contributed by atoms with Crippen molar-refractivity contribution in [2.75, 3.05) is 39.4 Å². The maximum atomic E-state index is 9.14. The molecule has 1 aromatic heterocycles. The Bertz CT molecular complexity index is 459. The zero-order valence-corrected chi connectivity index (χ0v) is 11.9. The van der Waals surface area contributed by atoms with Gasteiger partial charge in [-0.2, -0.15) is 5.26 Å². The minimum Gasteiger partial charge on any atom is -0.370 e. The number of hydrogen-bond donors (Lipinski definition) is 1. The lowest BCUT2D eigenvalue weighted by Gasteiger charge is -2.22. The van der Waals surface area contributed by atoms with E-state index < -0.39 is 0 Å². The normalized spacial score (nSPS) is 18.5. The van der Waals surface area contributed by atoms with Crippen molar-refractivity contribution in [3.8, 4) is 6.07 Å². The Hall–Kier alpha value is -1.29. The van der Waals surface area contributed by atoms with E-state index in [-0.39, 0.29) is 5.92 Å². The molecule has 0 bridgehead atoms. The quantitative estimate of drug-likeness (QED) is 0.774. The molecule has 2 heterocycles. The van der Waals surface area contributed by atoms with Crippen LogP contribution in [0.2, 0.25) is 0 Å². The van der Waals surface area contributed by atoms with E-state index in [4.69, 9.17) is 10.00 Å². The summed E-state index contributed by atoms with van der Waals surface area (Å²) in [7, 11) is 0. The fourth-order valence-electron chi connectivity index (χ4n) is 1.98. The third kappa shape index (κ3) is 4.39. The minimum atomic E-state index is -0.307. The summed E-state index contributed by atoms with van der Waals surface area (Å²) in [5.41, 5.74) is 0.964. The van der Waals surface area contributed by atoms with Gasteiger partial charge in [-0.25, -0.2) is 4.98 Å². The molecule has 0 saturated carbocycles. The highest BCUT2D eigenvalue weighted by Gasteiger charge is 2.13. The molecule has 1 saturated heterocycles. The minimum absolute atomic E-state index is 0.307. The Morgan fingerprint density at radius 2 is 2.42 bits per heavy atom. The van der Waals surface area contributed by atoms with E-state index >= 15 is 0 Å². The van der Waals surface area contributed by atoms with Gasteiger partial charge in [-0.1, -0.05) is 0 Å². The molecule has 1 fully saturated rings. The van der Waals surface area contributed by atoms with Gasteiger partial charge in [0.15, 0.2) is 0 Å². The Morgan fingerprint density at radius 1 is 1.63 bits per heavy atom. The number of ether oxygens (including phenoxy) is 1. The SMILES string of the molecule is Cc1csc([C@@H](C#N)C=NCC[NH+]2CCOCC2)n1. The Labute approximate surface area is 117 Å². The molecule has 1 aromatic rings. The monoisotopic (exact) mass is 279 g/mol. The molecular weight excluding hydrogens is 260 g/mol. The Kier molecular flexibility index (Phi) is 5.45. The second kappa shape index (κ2) is 7.34. The first kappa shape index (κ1) is 14.1. The molecule has 0 unspecified atom stereocenters. The molecule has 0 aliphatic carbocycles. The van der Waals surface area contributed by atoms with Crippen LogP contribution in [-0.4, -0.2) is 50.6 Å². The molecule has 2 rings (SSSR count). The average molecular weight is 279 g/mol. The topological polar surface area (TPSA) is 62.7 Å². The van der Waals surface area contributed by atoms with Crippen LogP contribution < -0.4 is 4.90 Å². The number of aromatic nitrogens is 1. The molecule has 5 nitrogen and oxygen atoms in total. The van der Waals surface area contributed by atoms with E-state index in [9.17, 15) is 0 Å². The summed E-state index contributed by atoms with van der Waals surface area (Å²) >= 11 is 1.52. The van der Waals surface area contributed by atoms with Gasteiger partial charge in [-0.05, 0) is 6.92 Å². The average Bonchev–Trinajstić information content (AvgIpc) is 2.86. The third-order valence-corrected chi connectivity index (χ3v) is 4.14. The Balaban J connectivity index is 1.78. The summed E-state index contributed by atoms with van der Waals surface area (Å²) in [4.78, 5) is 10.2. The van der Waals surface area contributed by atoms with Crippen LogP contribution in [0.15, 0.2) is 10.4 Å². The van der Waals surface area contributed by atoms with Gasteiger partial charge in [0, 0.05) is 17.3 Å². The van der Waals surface area contributed by atoms with Crippen LogP contribution in [0.1, 0.15) is 16.6 Å². The van der Waals surface area contributed by atoms with Gasteiger partial charge in [0.25, 0.3) is 0 Å². The summed E-state index contributed by atoms with van der Waals surface area (Å²) in [5, 5.41) is 11.9. The number of nitrogens with zero attached hydrogens (tertiary/aromatic N) is 3. The van der Waals surface area contributed by atoms with E-state index in [1.807, 2.05) is 12.3 Å². The zero-order valence-electron chi connectivity index (χ0n) is 11.1. The van der Waals surface area contributed by atoms with Crippen molar-refractivity contribution in [3.05, 3.63) is 16.1 Å².